The third kappa shape index (κ3) is 4.15. The molecule has 148 valence electrons. The van der Waals surface area contributed by atoms with E-state index in [0.29, 0.717) is 24.0 Å². The van der Waals surface area contributed by atoms with Crippen molar-refractivity contribution in [3.05, 3.63) is 108 Å². The van der Waals surface area contributed by atoms with Gasteiger partial charge < -0.3 is 4.74 Å². The second kappa shape index (κ2) is 8.75. The Kier molecular flexibility index (Phi) is 5.71. The van der Waals surface area contributed by atoms with Gasteiger partial charge in [-0.1, -0.05) is 84.9 Å². The number of esters is 1. The summed E-state index contributed by atoms with van der Waals surface area (Å²) in [7, 11) is 1.39. The van der Waals surface area contributed by atoms with Gasteiger partial charge in [0.05, 0.1) is 7.11 Å². The molecule has 0 fully saturated rings. The summed E-state index contributed by atoms with van der Waals surface area (Å²) in [6, 6.07) is 29.5. The highest BCUT2D eigenvalue weighted by Gasteiger charge is 2.16. The molecule has 0 heterocycles. The van der Waals surface area contributed by atoms with Gasteiger partial charge in [-0.25, -0.2) is 0 Å². The van der Waals surface area contributed by atoms with Crippen LogP contribution in [0.15, 0.2) is 91.0 Å². The Morgan fingerprint density at radius 1 is 0.767 bits per heavy atom. The summed E-state index contributed by atoms with van der Waals surface area (Å²) in [5, 5.41) is 2.27. The lowest BCUT2D eigenvalue weighted by Gasteiger charge is -2.13. The number of benzene rings is 4. The molecule has 3 nitrogen and oxygen atoms in total. The average Bonchev–Trinajstić information content (AvgIpc) is 2.82. The molecule has 0 aliphatic heterocycles. The summed E-state index contributed by atoms with van der Waals surface area (Å²) in [5.41, 5.74) is 4.15. The highest BCUT2D eigenvalue weighted by Crippen LogP contribution is 2.30. The van der Waals surface area contributed by atoms with Crippen LogP contribution in [-0.2, 0) is 16.0 Å². The zero-order valence-corrected chi connectivity index (χ0v) is 16.8. The normalized spacial score (nSPS) is 10.7. The van der Waals surface area contributed by atoms with E-state index in [2.05, 4.69) is 24.3 Å². The van der Waals surface area contributed by atoms with E-state index in [0.717, 1.165) is 27.5 Å². The molecule has 0 radical (unpaired) electrons. The van der Waals surface area contributed by atoms with Gasteiger partial charge >= 0.3 is 5.97 Å². The van der Waals surface area contributed by atoms with Gasteiger partial charge in [-0.3, -0.25) is 9.59 Å². The van der Waals surface area contributed by atoms with Gasteiger partial charge in [0.25, 0.3) is 0 Å². The van der Waals surface area contributed by atoms with Gasteiger partial charge in [0.1, 0.15) is 0 Å². The molecule has 4 aromatic carbocycles. The monoisotopic (exact) mass is 394 g/mol. The van der Waals surface area contributed by atoms with Crippen LogP contribution in [0.2, 0.25) is 0 Å². The first kappa shape index (κ1) is 19.6. The summed E-state index contributed by atoms with van der Waals surface area (Å²) in [4.78, 5) is 24.8. The lowest BCUT2D eigenvalue weighted by atomic mass is 9.90. The van der Waals surface area contributed by atoms with E-state index in [1.807, 2.05) is 66.7 Å². The summed E-state index contributed by atoms with van der Waals surface area (Å²) in [6.07, 6.45) is 0.868. The highest BCUT2D eigenvalue weighted by molar-refractivity contribution is 6.13. The topological polar surface area (TPSA) is 43.4 Å². The maximum atomic E-state index is 13.3. The minimum atomic E-state index is -0.244. The molecule has 0 saturated heterocycles. The average molecular weight is 394 g/mol. The van der Waals surface area contributed by atoms with Crippen LogP contribution >= 0.6 is 0 Å². The summed E-state index contributed by atoms with van der Waals surface area (Å²) >= 11 is 0. The number of carbonyl (C=O) groups excluding carboxylic acids is 2. The van der Waals surface area contributed by atoms with Gasteiger partial charge in [-0.2, -0.15) is 0 Å². The van der Waals surface area contributed by atoms with Crippen LogP contribution in [0.3, 0.4) is 0 Å². The Hall–Kier alpha value is -3.72. The van der Waals surface area contributed by atoms with E-state index in [9.17, 15) is 9.59 Å². The molecule has 0 aliphatic rings. The van der Waals surface area contributed by atoms with E-state index in [4.69, 9.17) is 4.74 Å². The molecule has 3 heteroatoms. The van der Waals surface area contributed by atoms with Crippen LogP contribution in [-0.4, -0.2) is 18.9 Å². The molecule has 0 atom stereocenters. The molecule has 30 heavy (non-hydrogen) atoms. The maximum absolute atomic E-state index is 13.3. The Morgan fingerprint density at radius 3 is 2.27 bits per heavy atom. The smallest absolute Gasteiger partial charge is 0.305 e. The predicted molar refractivity (Wildman–Crippen MR) is 120 cm³/mol. The molecule has 0 bridgehead atoms. The first-order chi connectivity index (χ1) is 14.7. The number of fused-ring (bicyclic) bond motifs is 1. The molecular formula is C27H22O3. The van der Waals surface area contributed by atoms with E-state index < -0.39 is 0 Å². The molecule has 0 unspecified atom stereocenters. The first-order valence-corrected chi connectivity index (χ1v) is 9.94. The molecular weight excluding hydrogens is 372 g/mol. The van der Waals surface area contributed by atoms with Crippen LogP contribution in [0.25, 0.3) is 21.9 Å². The number of aryl methyl sites for hydroxylation is 1. The second-order valence-corrected chi connectivity index (χ2v) is 7.21. The lowest BCUT2D eigenvalue weighted by molar-refractivity contribution is -0.140. The number of hydrogen-bond donors (Lipinski definition) is 0. The molecule has 4 aromatic rings. The SMILES string of the molecule is COC(=O)CCc1ccc(C(=O)c2ccccc2)c(-c2ccc3ccccc3c2)c1. The fourth-order valence-corrected chi connectivity index (χ4v) is 3.63. The van der Waals surface area contributed by atoms with E-state index >= 15 is 0 Å². The van der Waals surface area contributed by atoms with Gasteiger partial charge in [-0.15, -0.1) is 0 Å². The summed E-state index contributed by atoms with van der Waals surface area (Å²) in [5.74, 6) is -0.259. The molecule has 0 spiro atoms. The standard InChI is InChI=1S/C27H22O3/c1-30-26(28)16-12-19-11-15-24(27(29)21-8-3-2-4-9-21)25(17-19)23-14-13-20-7-5-6-10-22(20)18-23/h2-11,13-15,17-18H,12,16H2,1H3. The zero-order valence-electron chi connectivity index (χ0n) is 16.8. The minimum Gasteiger partial charge on any atom is -0.469 e. The lowest BCUT2D eigenvalue weighted by Crippen LogP contribution is -2.06. The molecule has 0 amide bonds. The predicted octanol–water partition coefficient (Wildman–Crippen LogP) is 5.84. The number of carbonyl (C=O) groups is 2. The van der Waals surface area contributed by atoms with Crippen molar-refractivity contribution in [2.45, 2.75) is 12.8 Å². The van der Waals surface area contributed by atoms with Crippen molar-refractivity contribution in [1.29, 1.82) is 0 Å². The number of ether oxygens (including phenoxy) is 1. The molecule has 0 N–H and O–H groups in total. The van der Waals surface area contributed by atoms with E-state index in [1.165, 1.54) is 7.11 Å². The minimum absolute atomic E-state index is 0.0155. The fourth-order valence-electron chi connectivity index (χ4n) is 3.63. The third-order valence-electron chi connectivity index (χ3n) is 5.27. The fraction of sp³-hybridized carbons (Fsp3) is 0.111. The van der Waals surface area contributed by atoms with Crippen LogP contribution in [0, 0.1) is 0 Å². The van der Waals surface area contributed by atoms with Crippen molar-refractivity contribution in [2.75, 3.05) is 7.11 Å². The number of methoxy groups -OCH3 is 1. The third-order valence-corrected chi connectivity index (χ3v) is 5.27. The van der Waals surface area contributed by atoms with Crippen molar-refractivity contribution in [3.63, 3.8) is 0 Å². The maximum Gasteiger partial charge on any atom is 0.305 e. The van der Waals surface area contributed by atoms with E-state index in [1.54, 1.807) is 0 Å². The van der Waals surface area contributed by atoms with Crippen LogP contribution < -0.4 is 0 Å². The van der Waals surface area contributed by atoms with Gasteiger partial charge in [-0.05, 0) is 39.9 Å². The highest BCUT2D eigenvalue weighted by atomic mass is 16.5. The Bertz CT molecular complexity index is 1210. The number of ketones is 1. The van der Waals surface area contributed by atoms with E-state index in [-0.39, 0.29) is 11.8 Å². The van der Waals surface area contributed by atoms with Crippen molar-refractivity contribution < 1.29 is 14.3 Å². The Balaban J connectivity index is 1.80. The second-order valence-electron chi connectivity index (χ2n) is 7.21. The summed E-state index contributed by atoms with van der Waals surface area (Å²) < 4.78 is 4.76. The largest absolute Gasteiger partial charge is 0.469 e. The molecule has 4 rings (SSSR count). The first-order valence-electron chi connectivity index (χ1n) is 9.94. The van der Waals surface area contributed by atoms with Crippen molar-refractivity contribution in [1.82, 2.24) is 0 Å². The molecule has 0 aliphatic carbocycles. The van der Waals surface area contributed by atoms with Crippen molar-refractivity contribution in [3.8, 4) is 11.1 Å². The number of hydrogen-bond acceptors (Lipinski definition) is 3. The van der Waals surface area contributed by atoms with Crippen molar-refractivity contribution in [2.24, 2.45) is 0 Å². The van der Waals surface area contributed by atoms with Crippen LogP contribution in [0.1, 0.15) is 27.9 Å². The Labute approximate surface area is 175 Å². The van der Waals surface area contributed by atoms with Crippen LogP contribution in [0.5, 0.6) is 0 Å². The summed E-state index contributed by atoms with van der Waals surface area (Å²) in [6.45, 7) is 0. The Morgan fingerprint density at radius 2 is 1.50 bits per heavy atom. The zero-order chi connectivity index (χ0) is 20.9. The van der Waals surface area contributed by atoms with Gasteiger partial charge in [0.2, 0.25) is 0 Å². The van der Waals surface area contributed by atoms with Crippen LogP contribution in [0.4, 0.5) is 0 Å². The van der Waals surface area contributed by atoms with Crippen molar-refractivity contribution >= 4 is 22.5 Å². The van der Waals surface area contributed by atoms with Gasteiger partial charge in [0, 0.05) is 17.5 Å². The van der Waals surface area contributed by atoms with Gasteiger partial charge in [0.15, 0.2) is 5.78 Å². The molecule has 0 saturated carbocycles. The number of rotatable bonds is 6. The quantitative estimate of drug-likeness (QED) is 0.305. The molecule has 0 aromatic heterocycles.